The van der Waals surface area contributed by atoms with E-state index in [0.717, 1.165) is 0 Å². The first-order valence-electron chi connectivity index (χ1n) is 5.24. The number of hydrogen-bond donors (Lipinski definition) is 2. The number of imidazole rings is 1. The van der Waals surface area contributed by atoms with Crippen molar-refractivity contribution in [2.75, 3.05) is 12.3 Å². The third-order valence-electron chi connectivity index (χ3n) is 2.87. The summed E-state index contributed by atoms with van der Waals surface area (Å²) in [6.07, 6.45) is 1.89. The largest absolute Gasteiger partial charge is 0.396 e. The Labute approximate surface area is 106 Å². The molecule has 0 amide bonds. The molecule has 3 rings (SSSR count). The third kappa shape index (κ3) is 1.63. The summed E-state index contributed by atoms with van der Waals surface area (Å²) in [5.74, 6) is -0.406. The smallest absolute Gasteiger partial charge is 0.223 e. The molecule has 0 saturated heterocycles. The lowest BCUT2D eigenvalue weighted by Gasteiger charge is -1.97. The van der Waals surface area contributed by atoms with Gasteiger partial charge in [0.15, 0.2) is 10.8 Å². The molecule has 1 saturated carbocycles. The molecule has 1 aliphatic carbocycles. The molecule has 2 atom stereocenters. The lowest BCUT2D eigenvalue weighted by atomic mass is 10.4. The van der Waals surface area contributed by atoms with Crippen LogP contribution in [0.5, 0.6) is 0 Å². The zero-order valence-electron chi connectivity index (χ0n) is 9.09. The Kier molecular flexibility index (Phi) is 2.46. The zero-order chi connectivity index (χ0) is 12.9. The van der Waals surface area contributed by atoms with Gasteiger partial charge in [0.2, 0.25) is 5.95 Å². The maximum atomic E-state index is 13.2. The third-order valence-corrected chi connectivity index (χ3v) is 3.14. The van der Waals surface area contributed by atoms with Crippen molar-refractivity contribution in [1.82, 2.24) is 19.5 Å². The van der Waals surface area contributed by atoms with Crippen molar-refractivity contribution in [3.05, 3.63) is 17.1 Å². The minimum atomic E-state index is -1.11. The van der Waals surface area contributed by atoms with Crippen LogP contribution < -0.4 is 5.73 Å². The van der Waals surface area contributed by atoms with Gasteiger partial charge in [-0.05, 0) is 5.57 Å². The summed E-state index contributed by atoms with van der Waals surface area (Å²) in [5, 5.41) is 9.06. The summed E-state index contributed by atoms with van der Waals surface area (Å²) < 4.78 is 14.8. The molecule has 94 valence electrons. The standard InChI is InChI=1S/C10H9ClFN5O/c11-8-7-9(16-10(13)15-8)17(3-14-7)1-4-5(2-18)6(4)12/h1,3,5-6,18H,2H2,(H2,13,15,16)/b4-1+/t5-,6+/m0/s1. The number of nitrogen functional groups attached to an aromatic ring is 1. The predicted molar refractivity (Wildman–Crippen MR) is 64.5 cm³/mol. The van der Waals surface area contributed by atoms with Crippen LogP contribution in [0.3, 0.4) is 0 Å². The second-order valence-electron chi connectivity index (χ2n) is 4.02. The second kappa shape index (κ2) is 3.89. The lowest BCUT2D eigenvalue weighted by molar-refractivity contribution is 0.259. The van der Waals surface area contributed by atoms with Crippen LogP contribution in [0.4, 0.5) is 10.3 Å². The molecule has 0 bridgehead atoms. The Morgan fingerprint density at radius 1 is 1.56 bits per heavy atom. The molecular weight excluding hydrogens is 261 g/mol. The van der Waals surface area contributed by atoms with Crippen molar-refractivity contribution >= 4 is 34.9 Å². The van der Waals surface area contributed by atoms with E-state index in [9.17, 15) is 4.39 Å². The fraction of sp³-hybridized carbons (Fsp3) is 0.300. The van der Waals surface area contributed by atoms with E-state index in [0.29, 0.717) is 16.7 Å². The predicted octanol–water partition coefficient (Wildman–Crippen LogP) is 0.863. The maximum Gasteiger partial charge on any atom is 0.223 e. The van der Waals surface area contributed by atoms with E-state index in [-0.39, 0.29) is 17.7 Å². The topological polar surface area (TPSA) is 89.8 Å². The maximum absolute atomic E-state index is 13.2. The van der Waals surface area contributed by atoms with Gasteiger partial charge in [-0.15, -0.1) is 0 Å². The summed E-state index contributed by atoms with van der Waals surface area (Å²) >= 11 is 5.87. The molecule has 1 fully saturated rings. The number of alkyl halides is 1. The summed E-state index contributed by atoms with van der Waals surface area (Å²) in [7, 11) is 0. The van der Waals surface area contributed by atoms with Crippen molar-refractivity contribution < 1.29 is 9.50 Å². The number of hydrogen-bond acceptors (Lipinski definition) is 5. The van der Waals surface area contributed by atoms with Crippen molar-refractivity contribution in [2.45, 2.75) is 6.17 Å². The molecule has 3 N–H and O–H groups in total. The van der Waals surface area contributed by atoms with Gasteiger partial charge in [-0.1, -0.05) is 11.6 Å². The van der Waals surface area contributed by atoms with Crippen LogP contribution in [0.1, 0.15) is 0 Å². The molecule has 0 spiro atoms. The molecule has 8 heteroatoms. The highest BCUT2D eigenvalue weighted by Crippen LogP contribution is 2.41. The van der Waals surface area contributed by atoms with E-state index in [1.807, 2.05) is 0 Å². The fourth-order valence-corrected chi connectivity index (χ4v) is 2.04. The highest BCUT2D eigenvalue weighted by molar-refractivity contribution is 6.33. The number of nitrogens with zero attached hydrogens (tertiary/aromatic N) is 4. The number of aliphatic hydroxyl groups is 1. The van der Waals surface area contributed by atoms with Crippen LogP contribution >= 0.6 is 11.6 Å². The number of nitrogens with two attached hydrogens (primary N) is 1. The highest BCUT2D eigenvalue weighted by Gasteiger charge is 2.44. The van der Waals surface area contributed by atoms with Crippen LogP contribution in [0, 0.1) is 5.92 Å². The van der Waals surface area contributed by atoms with Gasteiger partial charge < -0.3 is 10.8 Å². The number of rotatable bonds is 2. The number of anilines is 1. The Morgan fingerprint density at radius 2 is 2.33 bits per heavy atom. The Bertz CT molecular complexity index is 655. The van der Waals surface area contributed by atoms with Crippen LogP contribution in [0.15, 0.2) is 11.9 Å². The first-order valence-corrected chi connectivity index (χ1v) is 5.61. The van der Waals surface area contributed by atoms with Gasteiger partial charge in [-0.25, -0.2) is 9.37 Å². The molecule has 0 radical (unpaired) electrons. The van der Waals surface area contributed by atoms with Crippen molar-refractivity contribution in [1.29, 1.82) is 0 Å². The van der Waals surface area contributed by atoms with Gasteiger partial charge in [0.1, 0.15) is 18.0 Å². The van der Waals surface area contributed by atoms with Gasteiger partial charge in [0.25, 0.3) is 0 Å². The number of halogens is 2. The minimum Gasteiger partial charge on any atom is -0.396 e. The van der Waals surface area contributed by atoms with Gasteiger partial charge in [0, 0.05) is 12.1 Å². The first kappa shape index (κ1) is 11.4. The molecule has 1 aliphatic rings. The quantitative estimate of drug-likeness (QED) is 0.790. The summed E-state index contributed by atoms with van der Waals surface area (Å²) in [5.41, 5.74) is 6.82. The van der Waals surface area contributed by atoms with Crippen molar-refractivity contribution in [2.24, 2.45) is 5.92 Å². The normalized spacial score (nSPS) is 24.9. The lowest BCUT2D eigenvalue weighted by Crippen LogP contribution is -1.97. The summed E-state index contributed by atoms with van der Waals surface area (Å²) in [6, 6.07) is 0. The van der Waals surface area contributed by atoms with E-state index in [1.54, 1.807) is 6.20 Å². The SMILES string of the molecule is Nc1nc(Cl)c2ncn(/C=C3/[C@@H](F)[C@H]3CO)c2n1. The van der Waals surface area contributed by atoms with Crippen LogP contribution in [-0.4, -0.2) is 37.4 Å². The molecule has 0 unspecified atom stereocenters. The monoisotopic (exact) mass is 269 g/mol. The second-order valence-corrected chi connectivity index (χ2v) is 4.37. The van der Waals surface area contributed by atoms with Gasteiger partial charge in [-0.3, -0.25) is 4.57 Å². The number of aliphatic hydroxyl groups excluding tert-OH is 1. The van der Waals surface area contributed by atoms with Gasteiger partial charge in [-0.2, -0.15) is 9.97 Å². The molecular formula is C10H9ClFN5O. The highest BCUT2D eigenvalue weighted by atomic mass is 35.5. The van der Waals surface area contributed by atoms with E-state index >= 15 is 0 Å². The van der Waals surface area contributed by atoms with E-state index in [1.165, 1.54) is 10.9 Å². The van der Waals surface area contributed by atoms with Crippen LogP contribution in [-0.2, 0) is 0 Å². The van der Waals surface area contributed by atoms with Crippen molar-refractivity contribution in [3.8, 4) is 0 Å². The summed E-state index contributed by atoms with van der Waals surface area (Å²) in [6.45, 7) is -0.211. The van der Waals surface area contributed by atoms with E-state index in [2.05, 4.69) is 15.0 Å². The number of fused-ring (bicyclic) bond motifs is 1. The fourth-order valence-electron chi connectivity index (χ4n) is 1.82. The Morgan fingerprint density at radius 3 is 3.00 bits per heavy atom. The minimum absolute atomic E-state index is 0.0268. The van der Waals surface area contributed by atoms with E-state index in [4.69, 9.17) is 22.4 Å². The molecule has 2 aromatic rings. The molecule has 18 heavy (non-hydrogen) atoms. The summed E-state index contributed by atoms with van der Waals surface area (Å²) in [4.78, 5) is 11.8. The molecule has 0 aromatic carbocycles. The van der Waals surface area contributed by atoms with Gasteiger partial charge in [0.05, 0.1) is 6.61 Å². The van der Waals surface area contributed by atoms with Crippen LogP contribution in [0.25, 0.3) is 17.4 Å². The van der Waals surface area contributed by atoms with Crippen molar-refractivity contribution in [3.63, 3.8) is 0 Å². The Balaban J connectivity index is 2.09. The van der Waals surface area contributed by atoms with E-state index < -0.39 is 12.1 Å². The number of aromatic nitrogens is 4. The molecule has 6 nitrogen and oxygen atoms in total. The molecule has 2 heterocycles. The zero-order valence-corrected chi connectivity index (χ0v) is 9.84. The Hall–Kier alpha value is -1.73. The molecule has 2 aromatic heterocycles. The first-order chi connectivity index (χ1) is 8.61. The van der Waals surface area contributed by atoms with Gasteiger partial charge >= 0.3 is 0 Å². The molecule has 0 aliphatic heterocycles. The van der Waals surface area contributed by atoms with Crippen LogP contribution in [0.2, 0.25) is 5.15 Å². The average molecular weight is 270 g/mol. The average Bonchev–Trinajstić information content (AvgIpc) is 2.75.